The minimum atomic E-state index is -0.680. The molecule has 1 aliphatic rings. The molecule has 0 saturated carbocycles. The van der Waals surface area contributed by atoms with Gasteiger partial charge in [-0.1, -0.05) is 25.1 Å². The monoisotopic (exact) mass is 203 g/mol. The molecule has 80 valence electrons. The maximum absolute atomic E-state index is 10.3. The molecule has 2 atom stereocenters. The summed E-state index contributed by atoms with van der Waals surface area (Å²) in [6.45, 7) is 2.18. The van der Waals surface area contributed by atoms with Crippen LogP contribution in [-0.2, 0) is 6.42 Å². The number of nitrogens with zero attached hydrogens (tertiary/aromatic N) is 1. The van der Waals surface area contributed by atoms with E-state index in [-0.39, 0.29) is 0 Å². The van der Waals surface area contributed by atoms with Crippen LogP contribution in [0.4, 0.5) is 0 Å². The Kier molecular flexibility index (Phi) is 2.87. The molecule has 0 aromatic carbocycles. The highest BCUT2D eigenvalue weighted by Crippen LogP contribution is 2.28. The lowest BCUT2D eigenvalue weighted by molar-refractivity contribution is 0.0690. The summed E-state index contributed by atoms with van der Waals surface area (Å²) in [7, 11) is 0. The van der Waals surface area contributed by atoms with Crippen LogP contribution in [0.1, 0.15) is 25.5 Å². The van der Waals surface area contributed by atoms with Gasteiger partial charge in [0.15, 0.2) is 0 Å². The zero-order chi connectivity index (χ0) is 10.7. The molecule has 0 amide bonds. The van der Waals surface area contributed by atoms with Crippen molar-refractivity contribution in [2.24, 2.45) is 5.92 Å². The van der Waals surface area contributed by atoms with Gasteiger partial charge in [-0.2, -0.15) is 0 Å². The molecule has 0 spiro atoms. The first-order chi connectivity index (χ1) is 7.18. The molecular weight excluding hydrogens is 186 g/mol. The van der Waals surface area contributed by atoms with Gasteiger partial charge < -0.3 is 5.11 Å². The molecule has 2 nitrogen and oxygen atoms in total. The molecule has 0 fully saturated rings. The summed E-state index contributed by atoms with van der Waals surface area (Å²) in [5.74, 6) is 0.592. The van der Waals surface area contributed by atoms with Crippen LogP contribution in [-0.4, -0.2) is 15.7 Å². The summed E-state index contributed by atoms with van der Waals surface area (Å²) in [5, 5.41) is 10.3. The fourth-order valence-corrected chi connectivity index (χ4v) is 1.96. The molecule has 1 aromatic rings. The second-order valence-electron chi connectivity index (χ2n) is 4.48. The number of aromatic nitrogens is 1. The average molecular weight is 203 g/mol. The first-order valence-corrected chi connectivity index (χ1v) is 5.50. The Morgan fingerprint density at radius 2 is 2.40 bits per heavy atom. The van der Waals surface area contributed by atoms with Crippen LogP contribution >= 0.6 is 0 Å². The predicted molar refractivity (Wildman–Crippen MR) is 60.4 cm³/mol. The predicted octanol–water partition coefficient (Wildman–Crippen LogP) is 2.34. The van der Waals surface area contributed by atoms with Crippen LogP contribution in [0.15, 0.2) is 36.5 Å². The van der Waals surface area contributed by atoms with E-state index in [0.717, 1.165) is 18.5 Å². The summed E-state index contributed by atoms with van der Waals surface area (Å²) in [6, 6.07) is 5.82. The summed E-state index contributed by atoms with van der Waals surface area (Å²) in [5.41, 5.74) is 0.278. The first kappa shape index (κ1) is 10.4. The Hall–Kier alpha value is -1.15. The lowest BCUT2D eigenvalue weighted by Crippen LogP contribution is -2.32. The fourth-order valence-electron chi connectivity index (χ4n) is 1.96. The third kappa shape index (κ3) is 2.66. The van der Waals surface area contributed by atoms with Crippen molar-refractivity contribution in [1.29, 1.82) is 0 Å². The second kappa shape index (κ2) is 4.15. The van der Waals surface area contributed by atoms with Gasteiger partial charge in [0.1, 0.15) is 0 Å². The van der Waals surface area contributed by atoms with Gasteiger partial charge in [-0.05, 0) is 30.9 Å². The maximum Gasteiger partial charge on any atom is 0.0883 e. The van der Waals surface area contributed by atoms with E-state index >= 15 is 0 Å². The Morgan fingerprint density at radius 3 is 3.00 bits per heavy atom. The molecule has 15 heavy (non-hydrogen) atoms. The Balaban J connectivity index is 2.09. The molecule has 1 aromatic heterocycles. The maximum atomic E-state index is 10.3. The fraction of sp³-hybridized carbons (Fsp3) is 0.462. The topological polar surface area (TPSA) is 33.1 Å². The molecular formula is C13H17NO. The Bertz CT molecular complexity index is 347. The standard InChI is InChI=1S/C13H17NO/c1-11-5-7-13(15,8-6-11)10-12-4-2-3-9-14-12/h2-5,7,9,11,15H,6,8,10H2,1H3. The highest BCUT2D eigenvalue weighted by Gasteiger charge is 2.27. The second-order valence-corrected chi connectivity index (χ2v) is 4.48. The Labute approximate surface area is 90.7 Å². The first-order valence-electron chi connectivity index (χ1n) is 5.50. The van der Waals surface area contributed by atoms with Crippen molar-refractivity contribution in [3.05, 3.63) is 42.2 Å². The van der Waals surface area contributed by atoms with Crippen LogP contribution in [0.3, 0.4) is 0 Å². The van der Waals surface area contributed by atoms with Crippen molar-refractivity contribution in [2.45, 2.75) is 31.8 Å². The third-order valence-corrected chi connectivity index (χ3v) is 2.98. The summed E-state index contributed by atoms with van der Waals surface area (Å²) >= 11 is 0. The summed E-state index contributed by atoms with van der Waals surface area (Å²) in [4.78, 5) is 4.24. The van der Waals surface area contributed by atoms with E-state index in [4.69, 9.17) is 0 Å². The number of allylic oxidation sites excluding steroid dienone is 1. The molecule has 2 heteroatoms. The largest absolute Gasteiger partial charge is 0.385 e. The average Bonchev–Trinajstić information content (AvgIpc) is 2.24. The minimum Gasteiger partial charge on any atom is -0.385 e. The summed E-state index contributed by atoms with van der Waals surface area (Å²) in [6.07, 6.45) is 8.33. The normalized spacial score (nSPS) is 30.4. The van der Waals surface area contributed by atoms with E-state index in [1.54, 1.807) is 6.20 Å². The third-order valence-electron chi connectivity index (χ3n) is 2.98. The van der Waals surface area contributed by atoms with Gasteiger partial charge in [-0.15, -0.1) is 0 Å². The zero-order valence-corrected chi connectivity index (χ0v) is 9.06. The van der Waals surface area contributed by atoms with Crippen molar-refractivity contribution < 1.29 is 5.11 Å². The molecule has 0 saturated heterocycles. The van der Waals surface area contributed by atoms with Crippen molar-refractivity contribution in [3.8, 4) is 0 Å². The molecule has 1 heterocycles. The highest BCUT2D eigenvalue weighted by atomic mass is 16.3. The number of aliphatic hydroxyl groups is 1. The molecule has 0 aliphatic heterocycles. The smallest absolute Gasteiger partial charge is 0.0883 e. The summed E-state index contributed by atoms with van der Waals surface area (Å²) < 4.78 is 0. The lowest BCUT2D eigenvalue weighted by Gasteiger charge is -2.29. The quantitative estimate of drug-likeness (QED) is 0.748. The van der Waals surface area contributed by atoms with Gasteiger partial charge in [0.05, 0.1) is 5.60 Å². The van der Waals surface area contributed by atoms with Crippen LogP contribution in [0, 0.1) is 5.92 Å². The molecule has 0 radical (unpaired) electrons. The van der Waals surface area contributed by atoms with Crippen LogP contribution in [0.5, 0.6) is 0 Å². The van der Waals surface area contributed by atoms with Gasteiger partial charge in [-0.25, -0.2) is 0 Å². The molecule has 2 unspecified atom stereocenters. The van der Waals surface area contributed by atoms with Crippen molar-refractivity contribution in [2.75, 3.05) is 0 Å². The van der Waals surface area contributed by atoms with E-state index < -0.39 is 5.60 Å². The van der Waals surface area contributed by atoms with Crippen LogP contribution in [0.25, 0.3) is 0 Å². The number of hydrogen-bond donors (Lipinski definition) is 1. The number of rotatable bonds is 2. The van der Waals surface area contributed by atoms with Crippen molar-refractivity contribution in [1.82, 2.24) is 4.98 Å². The van der Waals surface area contributed by atoms with E-state index in [9.17, 15) is 5.11 Å². The van der Waals surface area contributed by atoms with Crippen LogP contribution < -0.4 is 0 Å². The van der Waals surface area contributed by atoms with E-state index in [1.807, 2.05) is 24.3 Å². The van der Waals surface area contributed by atoms with Crippen molar-refractivity contribution >= 4 is 0 Å². The van der Waals surface area contributed by atoms with Gasteiger partial charge in [0.2, 0.25) is 0 Å². The number of pyridine rings is 1. The lowest BCUT2D eigenvalue weighted by atomic mass is 9.83. The van der Waals surface area contributed by atoms with E-state index in [0.29, 0.717) is 12.3 Å². The SMILES string of the molecule is CC1C=CC(O)(Cc2ccccn2)CC1. The van der Waals surface area contributed by atoms with E-state index in [1.165, 1.54) is 0 Å². The Morgan fingerprint density at radius 1 is 1.53 bits per heavy atom. The molecule has 0 bridgehead atoms. The number of hydrogen-bond acceptors (Lipinski definition) is 2. The molecule has 1 N–H and O–H groups in total. The van der Waals surface area contributed by atoms with Crippen LogP contribution in [0.2, 0.25) is 0 Å². The zero-order valence-electron chi connectivity index (χ0n) is 9.06. The van der Waals surface area contributed by atoms with Gasteiger partial charge in [-0.3, -0.25) is 4.98 Å². The van der Waals surface area contributed by atoms with Gasteiger partial charge in [0, 0.05) is 18.3 Å². The molecule has 1 aliphatic carbocycles. The van der Waals surface area contributed by atoms with Gasteiger partial charge >= 0.3 is 0 Å². The van der Waals surface area contributed by atoms with E-state index in [2.05, 4.69) is 18.0 Å². The van der Waals surface area contributed by atoms with Crippen molar-refractivity contribution in [3.63, 3.8) is 0 Å². The highest BCUT2D eigenvalue weighted by molar-refractivity contribution is 5.14. The minimum absolute atomic E-state index is 0.592. The van der Waals surface area contributed by atoms with Gasteiger partial charge in [0.25, 0.3) is 0 Å². The molecule has 2 rings (SSSR count).